The van der Waals surface area contributed by atoms with Crippen LogP contribution in [0, 0.1) is 21.4 Å². The van der Waals surface area contributed by atoms with E-state index < -0.39 is 40.4 Å². The molecule has 0 bridgehead atoms. The van der Waals surface area contributed by atoms with Crippen molar-refractivity contribution in [2.24, 2.45) is 16.3 Å². The lowest BCUT2D eigenvalue weighted by atomic mass is 9.75. The summed E-state index contributed by atoms with van der Waals surface area (Å²) in [7, 11) is 0. The third-order valence-corrected chi connectivity index (χ3v) is 6.72. The highest BCUT2D eigenvalue weighted by Gasteiger charge is 2.44. The number of nitrogens with zero attached hydrogens (tertiary/aromatic N) is 2. The second kappa shape index (κ2) is 13.4. The molecular weight excluding hydrogens is 480 g/mol. The van der Waals surface area contributed by atoms with Crippen LogP contribution >= 0.6 is 0 Å². The molecule has 0 saturated heterocycles. The third-order valence-electron chi connectivity index (χ3n) is 6.72. The summed E-state index contributed by atoms with van der Waals surface area (Å²) in [6, 6.07) is 5.78. The zero-order valence-electron chi connectivity index (χ0n) is 22.2. The van der Waals surface area contributed by atoms with Gasteiger partial charge in [0.1, 0.15) is 12.5 Å². The Morgan fingerprint density at radius 1 is 1.11 bits per heavy atom. The first kappa shape index (κ1) is 30.1. The Balaban J connectivity index is 2.57. The van der Waals surface area contributed by atoms with Gasteiger partial charge in [-0.25, -0.2) is 4.79 Å². The molecule has 1 aliphatic heterocycles. The van der Waals surface area contributed by atoms with Crippen LogP contribution < -0.4 is 0 Å². The average molecular weight is 519 g/mol. The molecule has 0 fully saturated rings. The van der Waals surface area contributed by atoms with E-state index in [1.807, 2.05) is 20.8 Å². The van der Waals surface area contributed by atoms with Crippen LogP contribution in [0.2, 0.25) is 0 Å². The van der Waals surface area contributed by atoms with Gasteiger partial charge in [-0.2, -0.15) is 0 Å². The fourth-order valence-electron chi connectivity index (χ4n) is 4.98. The van der Waals surface area contributed by atoms with Crippen LogP contribution in [0.15, 0.2) is 40.5 Å². The maximum atomic E-state index is 13.6. The summed E-state index contributed by atoms with van der Waals surface area (Å²) in [5.74, 6) is -3.27. The van der Waals surface area contributed by atoms with Gasteiger partial charge in [-0.15, -0.1) is 0 Å². The van der Waals surface area contributed by atoms with E-state index in [-0.39, 0.29) is 24.5 Å². The molecule has 37 heavy (non-hydrogen) atoms. The fraction of sp³-hybridized carbons (Fsp3) is 0.593. The normalized spacial score (nSPS) is 18.0. The number of hydrogen-bond donors (Lipinski definition) is 2. The van der Waals surface area contributed by atoms with Crippen LogP contribution in [0.3, 0.4) is 0 Å². The van der Waals surface area contributed by atoms with Crippen molar-refractivity contribution in [3.05, 3.63) is 51.2 Å². The molecule has 1 aliphatic rings. The summed E-state index contributed by atoms with van der Waals surface area (Å²) in [4.78, 5) is 42.1. The smallest absolute Gasteiger partial charge is 0.336 e. The Labute approximate surface area is 217 Å². The summed E-state index contributed by atoms with van der Waals surface area (Å²) >= 11 is 0. The third kappa shape index (κ3) is 7.01. The van der Waals surface area contributed by atoms with Crippen molar-refractivity contribution in [1.29, 1.82) is 0 Å². The van der Waals surface area contributed by atoms with Crippen LogP contribution in [0.5, 0.6) is 0 Å². The number of aliphatic hydroxyl groups is 2. The van der Waals surface area contributed by atoms with Crippen molar-refractivity contribution in [3.8, 4) is 0 Å². The van der Waals surface area contributed by atoms with Crippen molar-refractivity contribution in [3.63, 3.8) is 0 Å². The lowest BCUT2D eigenvalue weighted by molar-refractivity contribution is -0.384. The summed E-state index contributed by atoms with van der Waals surface area (Å²) in [6.45, 7) is 8.88. The first-order chi connectivity index (χ1) is 17.5. The van der Waals surface area contributed by atoms with Gasteiger partial charge < -0.3 is 19.7 Å². The van der Waals surface area contributed by atoms with Gasteiger partial charge in [-0.1, -0.05) is 45.7 Å². The number of nitro benzene ring substituents is 1. The van der Waals surface area contributed by atoms with Crippen molar-refractivity contribution in [1.82, 2.24) is 0 Å². The zero-order chi connectivity index (χ0) is 27.8. The number of aliphatic imine (C=N–C) groups is 1. The minimum atomic E-state index is -1.69. The Morgan fingerprint density at radius 3 is 2.30 bits per heavy atom. The number of rotatable bonds is 13. The van der Waals surface area contributed by atoms with Crippen molar-refractivity contribution < 1.29 is 34.2 Å². The SMILES string of the molecule is CCCOC(=O)C1C(C)=NC(C)=C(C(=O)OCC(CCC)(CCC)C(O)O)C1c1cccc([N+](=O)[O-])c1. The van der Waals surface area contributed by atoms with Gasteiger partial charge in [0.05, 0.1) is 22.5 Å². The number of aliphatic hydroxyl groups excluding tert-OH is 1. The molecule has 2 unspecified atom stereocenters. The van der Waals surface area contributed by atoms with E-state index in [2.05, 4.69) is 4.99 Å². The van der Waals surface area contributed by atoms with Crippen LogP contribution in [-0.4, -0.2) is 52.3 Å². The van der Waals surface area contributed by atoms with E-state index in [1.54, 1.807) is 19.9 Å². The summed E-state index contributed by atoms with van der Waals surface area (Å²) in [5.41, 5.74) is -0.0230. The average Bonchev–Trinajstić information content (AvgIpc) is 2.85. The van der Waals surface area contributed by atoms with E-state index in [0.29, 0.717) is 49.1 Å². The van der Waals surface area contributed by atoms with Gasteiger partial charge >= 0.3 is 11.9 Å². The predicted molar refractivity (Wildman–Crippen MR) is 138 cm³/mol. The molecule has 2 rings (SSSR count). The molecule has 1 aromatic rings. The Hall–Kier alpha value is -3.11. The molecule has 10 nitrogen and oxygen atoms in total. The Bertz CT molecular complexity index is 1040. The molecule has 1 heterocycles. The zero-order valence-corrected chi connectivity index (χ0v) is 22.2. The molecule has 10 heteroatoms. The minimum Gasteiger partial charge on any atom is -0.465 e. The molecule has 1 aromatic carbocycles. The number of allylic oxidation sites excluding steroid dienone is 1. The van der Waals surface area contributed by atoms with Gasteiger partial charge in [0.25, 0.3) is 5.69 Å². The largest absolute Gasteiger partial charge is 0.465 e. The molecule has 0 aromatic heterocycles. The summed E-state index contributed by atoms with van der Waals surface area (Å²) in [5, 5.41) is 31.8. The van der Waals surface area contributed by atoms with Gasteiger partial charge in [0.2, 0.25) is 0 Å². The Morgan fingerprint density at radius 2 is 1.76 bits per heavy atom. The molecule has 0 saturated carbocycles. The van der Waals surface area contributed by atoms with E-state index in [4.69, 9.17) is 9.47 Å². The maximum Gasteiger partial charge on any atom is 0.336 e. The topological polar surface area (TPSA) is 149 Å². The number of benzene rings is 1. The number of non-ortho nitro benzene ring substituents is 1. The molecule has 0 radical (unpaired) electrons. The number of ether oxygens (including phenoxy) is 2. The maximum absolute atomic E-state index is 13.6. The number of hydrogen-bond acceptors (Lipinski definition) is 9. The predicted octanol–water partition coefficient (Wildman–Crippen LogP) is 4.44. The highest BCUT2D eigenvalue weighted by molar-refractivity contribution is 6.07. The molecule has 0 spiro atoms. The van der Waals surface area contributed by atoms with E-state index in [9.17, 15) is 29.9 Å². The van der Waals surface area contributed by atoms with Crippen LogP contribution in [0.25, 0.3) is 0 Å². The van der Waals surface area contributed by atoms with Crippen molar-refractivity contribution in [2.75, 3.05) is 13.2 Å². The van der Waals surface area contributed by atoms with E-state index in [0.717, 1.165) is 0 Å². The minimum absolute atomic E-state index is 0.0823. The van der Waals surface area contributed by atoms with Gasteiger partial charge in [0.15, 0.2) is 6.29 Å². The molecule has 2 atom stereocenters. The van der Waals surface area contributed by atoms with Gasteiger partial charge in [0, 0.05) is 29.5 Å². The first-order valence-corrected chi connectivity index (χ1v) is 12.7. The molecule has 0 amide bonds. The lowest BCUT2D eigenvalue weighted by Crippen LogP contribution is -2.41. The van der Waals surface area contributed by atoms with Crippen molar-refractivity contribution in [2.45, 2.75) is 78.9 Å². The number of esters is 2. The van der Waals surface area contributed by atoms with Crippen molar-refractivity contribution >= 4 is 23.3 Å². The fourth-order valence-corrected chi connectivity index (χ4v) is 4.98. The first-order valence-electron chi connectivity index (χ1n) is 12.7. The molecule has 204 valence electrons. The highest BCUT2D eigenvalue weighted by Crippen LogP contribution is 2.42. The molecule has 0 aliphatic carbocycles. The summed E-state index contributed by atoms with van der Waals surface area (Å²) < 4.78 is 11.1. The second-order valence-corrected chi connectivity index (χ2v) is 9.54. The van der Waals surface area contributed by atoms with Gasteiger partial charge in [-0.3, -0.25) is 19.9 Å². The quantitative estimate of drug-likeness (QED) is 0.168. The summed E-state index contributed by atoms with van der Waals surface area (Å²) in [6.07, 6.45) is 1.08. The van der Waals surface area contributed by atoms with E-state index >= 15 is 0 Å². The number of carbonyl (C=O) groups is 2. The highest BCUT2D eigenvalue weighted by atomic mass is 16.6. The van der Waals surface area contributed by atoms with Crippen LogP contribution in [0.4, 0.5) is 5.69 Å². The lowest BCUT2D eigenvalue weighted by Gasteiger charge is -2.36. The standard InChI is InChI=1S/C27H38N2O8/c1-6-12-27(13-7-2,26(32)33)16-37-25(31)22-18(5)28-17(4)21(24(30)36-14-8-3)23(22)19-10-9-11-20(15-19)29(34)35/h9-11,15,21,23,26,32-33H,6-8,12-14,16H2,1-5H3. The number of carbonyl (C=O) groups excluding carboxylic acids is 2. The second-order valence-electron chi connectivity index (χ2n) is 9.54. The monoisotopic (exact) mass is 518 g/mol. The van der Waals surface area contributed by atoms with Crippen LogP contribution in [0.1, 0.15) is 78.2 Å². The molecular formula is C27H38N2O8. The van der Waals surface area contributed by atoms with E-state index in [1.165, 1.54) is 18.2 Å². The molecule has 2 N–H and O–H groups in total. The van der Waals surface area contributed by atoms with Gasteiger partial charge in [-0.05, 0) is 38.7 Å². The Kier molecular flexibility index (Phi) is 10.9. The van der Waals surface area contributed by atoms with Crippen LogP contribution in [-0.2, 0) is 19.1 Å². The number of nitro groups is 1.